The van der Waals surface area contributed by atoms with E-state index >= 15 is 0 Å². The van der Waals surface area contributed by atoms with E-state index < -0.39 is 0 Å². The number of Topliss-reactive ketones (excluding diaryl/α,β-unsaturated/α-hetero) is 2. The van der Waals surface area contributed by atoms with Crippen molar-refractivity contribution in [1.82, 2.24) is 0 Å². The maximum atomic E-state index is 12.3. The number of carbonyl (C=O) groups excluding carboxylic acids is 2. The molecule has 0 saturated heterocycles. The Kier molecular flexibility index (Phi) is 4.31. The molecule has 0 fully saturated rings. The second-order valence-corrected chi connectivity index (χ2v) is 4.55. The molecule has 0 aliphatic rings. The van der Waals surface area contributed by atoms with Crippen molar-refractivity contribution in [2.24, 2.45) is 0 Å². The number of hydrogen-bond acceptors (Lipinski definition) is 3. The van der Waals surface area contributed by atoms with Crippen LogP contribution in [0.2, 0.25) is 0 Å². The van der Waals surface area contributed by atoms with Gasteiger partial charge >= 0.3 is 0 Å². The van der Waals surface area contributed by atoms with Gasteiger partial charge < -0.3 is 4.74 Å². The van der Waals surface area contributed by atoms with Crippen LogP contribution in [0.15, 0.2) is 48.5 Å². The van der Waals surface area contributed by atoms with E-state index in [4.69, 9.17) is 4.74 Å². The van der Waals surface area contributed by atoms with Crippen LogP contribution >= 0.6 is 0 Å². The van der Waals surface area contributed by atoms with Crippen LogP contribution in [0.5, 0.6) is 5.75 Å². The lowest BCUT2D eigenvalue weighted by atomic mass is 9.97. The highest BCUT2D eigenvalue weighted by Gasteiger charge is 2.14. The zero-order valence-electron chi connectivity index (χ0n) is 11.6. The molecule has 0 atom stereocenters. The number of ether oxygens (including phenoxy) is 1. The Bertz CT molecular complexity index is 627. The van der Waals surface area contributed by atoms with Crippen molar-refractivity contribution >= 4 is 11.6 Å². The van der Waals surface area contributed by atoms with Crippen LogP contribution in [-0.2, 0) is 6.42 Å². The van der Waals surface area contributed by atoms with E-state index in [1.165, 1.54) is 6.92 Å². The number of benzene rings is 2. The molecule has 0 amide bonds. The minimum absolute atomic E-state index is 0.0547. The smallest absolute Gasteiger partial charge is 0.167 e. The first-order valence-electron chi connectivity index (χ1n) is 6.38. The van der Waals surface area contributed by atoms with Crippen molar-refractivity contribution in [1.29, 1.82) is 0 Å². The average Bonchev–Trinajstić information content (AvgIpc) is 2.48. The van der Waals surface area contributed by atoms with Crippen LogP contribution < -0.4 is 4.74 Å². The van der Waals surface area contributed by atoms with Gasteiger partial charge in [0.2, 0.25) is 0 Å². The maximum Gasteiger partial charge on any atom is 0.167 e. The average molecular weight is 268 g/mol. The van der Waals surface area contributed by atoms with Crippen molar-refractivity contribution in [2.45, 2.75) is 13.3 Å². The summed E-state index contributed by atoms with van der Waals surface area (Å²) in [7, 11) is 1.60. The Morgan fingerprint density at radius 3 is 2.10 bits per heavy atom. The summed E-state index contributed by atoms with van der Waals surface area (Å²) in [6.07, 6.45) is 0.272. The minimum atomic E-state index is -0.0938. The Balaban J connectivity index is 2.21. The number of ketones is 2. The molecule has 3 heteroatoms. The molecule has 0 saturated carbocycles. The Morgan fingerprint density at radius 1 is 0.950 bits per heavy atom. The normalized spacial score (nSPS) is 10.1. The fourth-order valence-electron chi connectivity index (χ4n) is 2.06. The largest absolute Gasteiger partial charge is 0.497 e. The van der Waals surface area contributed by atoms with Crippen LogP contribution in [0.4, 0.5) is 0 Å². The fraction of sp³-hybridized carbons (Fsp3) is 0.176. The summed E-state index contributed by atoms with van der Waals surface area (Å²) < 4.78 is 5.08. The summed E-state index contributed by atoms with van der Waals surface area (Å²) in [5.41, 5.74) is 1.86. The number of hydrogen-bond donors (Lipinski definition) is 0. The van der Waals surface area contributed by atoms with E-state index in [0.717, 1.165) is 11.3 Å². The summed E-state index contributed by atoms with van der Waals surface area (Å²) in [4.78, 5) is 23.8. The SMILES string of the molecule is COc1ccc(CC(=O)c2ccccc2C(C)=O)cc1. The highest BCUT2D eigenvalue weighted by Crippen LogP contribution is 2.16. The van der Waals surface area contributed by atoms with Gasteiger partial charge in [-0.05, 0) is 24.6 Å². The minimum Gasteiger partial charge on any atom is -0.497 e. The number of methoxy groups -OCH3 is 1. The molecule has 0 N–H and O–H groups in total. The van der Waals surface area contributed by atoms with Crippen molar-refractivity contribution in [3.05, 3.63) is 65.2 Å². The van der Waals surface area contributed by atoms with E-state index in [1.807, 2.05) is 24.3 Å². The number of carbonyl (C=O) groups is 2. The first-order valence-corrected chi connectivity index (χ1v) is 6.38. The van der Waals surface area contributed by atoms with E-state index in [0.29, 0.717) is 11.1 Å². The summed E-state index contributed by atoms with van der Waals surface area (Å²) in [5.74, 6) is 0.606. The lowest BCUT2D eigenvalue weighted by Gasteiger charge is -2.06. The summed E-state index contributed by atoms with van der Waals surface area (Å²) in [6, 6.07) is 14.3. The fourth-order valence-corrected chi connectivity index (χ4v) is 2.06. The highest BCUT2D eigenvalue weighted by molar-refractivity contribution is 6.08. The third-order valence-electron chi connectivity index (χ3n) is 3.13. The zero-order chi connectivity index (χ0) is 14.5. The lowest BCUT2D eigenvalue weighted by molar-refractivity contribution is 0.0969. The first-order chi connectivity index (χ1) is 9.61. The number of rotatable bonds is 5. The molecule has 102 valence electrons. The van der Waals surface area contributed by atoms with Gasteiger partial charge in [0.05, 0.1) is 7.11 Å². The standard InChI is InChI=1S/C17H16O3/c1-12(18)15-5-3-4-6-16(15)17(19)11-13-7-9-14(20-2)10-8-13/h3-10H,11H2,1-2H3. The lowest BCUT2D eigenvalue weighted by Crippen LogP contribution is -2.09. The van der Waals surface area contributed by atoms with Crippen LogP contribution in [0.3, 0.4) is 0 Å². The molecule has 0 heterocycles. The Labute approximate surface area is 118 Å². The van der Waals surface area contributed by atoms with Gasteiger partial charge in [0.1, 0.15) is 5.75 Å². The van der Waals surface area contributed by atoms with Crippen molar-refractivity contribution < 1.29 is 14.3 Å². The topological polar surface area (TPSA) is 43.4 Å². The quantitative estimate of drug-likeness (QED) is 0.781. The maximum absolute atomic E-state index is 12.3. The van der Waals surface area contributed by atoms with Crippen molar-refractivity contribution in [2.75, 3.05) is 7.11 Å². The van der Waals surface area contributed by atoms with Crippen LogP contribution in [0.25, 0.3) is 0 Å². The monoisotopic (exact) mass is 268 g/mol. The van der Waals surface area contributed by atoms with Crippen LogP contribution in [0.1, 0.15) is 33.2 Å². The second-order valence-electron chi connectivity index (χ2n) is 4.55. The summed E-state index contributed by atoms with van der Waals surface area (Å²) in [5, 5.41) is 0. The third kappa shape index (κ3) is 3.12. The molecule has 0 spiro atoms. The summed E-state index contributed by atoms with van der Waals surface area (Å²) in [6.45, 7) is 1.47. The molecular formula is C17H16O3. The summed E-state index contributed by atoms with van der Waals surface area (Å²) >= 11 is 0. The molecule has 0 unspecified atom stereocenters. The molecule has 2 aromatic carbocycles. The van der Waals surface area contributed by atoms with E-state index in [1.54, 1.807) is 31.4 Å². The van der Waals surface area contributed by atoms with Gasteiger partial charge in [0.25, 0.3) is 0 Å². The predicted molar refractivity (Wildman–Crippen MR) is 77.5 cm³/mol. The van der Waals surface area contributed by atoms with Crippen LogP contribution in [0, 0.1) is 0 Å². The van der Waals surface area contributed by atoms with Gasteiger partial charge in [-0.15, -0.1) is 0 Å². The first kappa shape index (κ1) is 14.0. The molecule has 0 bridgehead atoms. The molecule has 0 aliphatic heterocycles. The van der Waals surface area contributed by atoms with E-state index in [-0.39, 0.29) is 18.0 Å². The van der Waals surface area contributed by atoms with Crippen molar-refractivity contribution in [3.8, 4) is 5.75 Å². The van der Waals surface area contributed by atoms with Gasteiger partial charge in [-0.3, -0.25) is 9.59 Å². The van der Waals surface area contributed by atoms with Gasteiger partial charge in [0.15, 0.2) is 11.6 Å². The molecule has 3 nitrogen and oxygen atoms in total. The van der Waals surface area contributed by atoms with Crippen LogP contribution in [-0.4, -0.2) is 18.7 Å². The molecule has 2 rings (SSSR count). The van der Waals surface area contributed by atoms with E-state index in [2.05, 4.69) is 0 Å². The Morgan fingerprint density at radius 2 is 1.55 bits per heavy atom. The molecule has 0 aromatic heterocycles. The molecule has 0 radical (unpaired) electrons. The third-order valence-corrected chi connectivity index (χ3v) is 3.13. The van der Waals surface area contributed by atoms with Gasteiger partial charge in [-0.1, -0.05) is 36.4 Å². The second kappa shape index (κ2) is 6.15. The Hall–Kier alpha value is -2.42. The molecule has 20 heavy (non-hydrogen) atoms. The molecule has 0 aliphatic carbocycles. The van der Waals surface area contributed by atoms with E-state index in [9.17, 15) is 9.59 Å². The zero-order valence-corrected chi connectivity index (χ0v) is 11.6. The van der Waals surface area contributed by atoms with Gasteiger partial charge in [-0.2, -0.15) is 0 Å². The van der Waals surface area contributed by atoms with Gasteiger partial charge in [0, 0.05) is 17.5 Å². The molecule has 2 aromatic rings. The predicted octanol–water partition coefficient (Wildman–Crippen LogP) is 3.32. The van der Waals surface area contributed by atoms with Crippen molar-refractivity contribution in [3.63, 3.8) is 0 Å². The highest BCUT2D eigenvalue weighted by atomic mass is 16.5. The molecular weight excluding hydrogens is 252 g/mol. The van der Waals surface area contributed by atoms with Gasteiger partial charge in [-0.25, -0.2) is 0 Å².